The Morgan fingerprint density at radius 1 is 0.636 bits per heavy atom. The molecule has 2 aliphatic heterocycles. The molecule has 702 valence electrons. The molecule has 0 radical (unpaired) electrons. The van der Waals surface area contributed by atoms with Crippen molar-refractivity contribution in [1.29, 1.82) is 5.41 Å². The lowest BCUT2D eigenvalue weighted by molar-refractivity contribution is -0.156. The van der Waals surface area contributed by atoms with Crippen molar-refractivity contribution in [1.82, 2.24) is 51.7 Å². The molecule has 0 saturated carbocycles. The van der Waals surface area contributed by atoms with Crippen LogP contribution in [0.25, 0.3) is 0 Å². The molecule has 33 nitrogen and oxygen atoms in total. The number of fused-ring (bicyclic) bond motifs is 1. The number of esters is 1. The van der Waals surface area contributed by atoms with Crippen molar-refractivity contribution >= 4 is 92.9 Å². The van der Waals surface area contributed by atoms with E-state index in [1.807, 2.05) is 34.6 Å². The maximum atomic E-state index is 16.9. The fourth-order valence-corrected chi connectivity index (χ4v) is 17.2. The number of anilines is 1. The third-order valence-corrected chi connectivity index (χ3v) is 23.8. The maximum absolute atomic E-state index is 16.9. The maximum Gasteiger partial charge on any atom is 0.407 e. The minimum Gasteiger partial charge on any atom is -0.487 e. The molecule has 1 fully saturated rings. The molecule has 34 heteroatoms. The number of ether oxygens (including phenoxy) is 4. The van der Waals surface area contributed by atoms with Gasteiger partial charge in [0, 0.05) is 55.6 Å². The summed E-state index contributed by atoms with van der Waals surface area (Å²) in [5.41, 5.74) is 12.0. The van der Waals surface area contributed by atoms with Gasteiger partial charge in [-0.1, -0.05) is 131 Å². The van der Waals surface area contributed by atoms with E-state index in [1.54, 1.807) is 193 Å². The first-order chi connectivity index (χ1) is 60.4. The number of likely N-dealkylation sites (tertiary alicyclic amines) is 1. The fraction of sp³-hybridized carbons (Fsp3) is 0.526. The highest BCUT2D eigenvalue weighted by molar-refractivity contribution is 7.89. The van der Waals surface area contributed by atoms with E-state index in [0.29, 0.717) is 43.6 Å². The number of hydrogen-bond acceptors (Lipinski definition) is 20. The van der Waals surface area contributed by atoms with Crippen molar-refractivity contribution < 1.29 is 90.0 Å². The molecular formula is C95H132N14O19S. The standard InChI is InChI=1S/C95H132N14O19S/c1-19-57(4)77(86(117)105-70(50-56(2)3)82(113)103-72(53-76(110)126-93(11,12)13)83(114)102-69(89(120)121)42-30-31-47-100-91(122)128-94(14,15)16)107-84(115)71(51-61-34-22-20-23-35-61)104-85(116)74-44-33-49-108(74)88(119)75(43-32-48-99-90(97)98)109(129(123,124)79-59(6)58(5)78-66(60(79)7)54-95(17,18)127-78)87(118)73(52-62-36-24-21-25-37-62)106-80(111)65-40-28-26-38-63(65)45-46-64-39-27-29-41-68(64)101-81(112)67(96)55-125-92(8,9)10/h20-29,34-41,56-57,67,69-75,77H,19,30-33,42-44,47-55,96H2,1-18H3,(H,100,122)(H,101,112)(H,102,114)(H,103,113)(H,104,116)(H,105,117)(H,106,111)(H,107,115)(H,120,121)(H4,97,98,99)/t57-,67-,69-,70-,71-,72-,73-,74-,75-,77-/m0/s1. The van der Waals surface area contributed by atoms with Gasteiger partial charge in [0.1, 0.15) is 76.9 Å². The Morgan fingerprint density at radius 3 is 1.79 bits per heavy atom. The number of carbonyl (C=O) groups is 12. The molecule has 15 N–H and O–H groups in total. The van der Waals surface area contributed by atoms with Gasteiger partial charge in [-0.2, -0.15) is 0 Å². The number of sulfonamides is 1. The van der Waals surface area contributed by atoms with Crippen molar-refractivity contribution in [3.8, 4) is 17.6 Å². The normalized spacial score (nSPS) is 15.7. The summed E-state index contributed by atoms with van der Waals surface area (Å²) >= 11 is 0. The van der Waals surface area contributed by atoms with E-state index in [9.17, 15) is 33.9 Å². The molecule has 10 atom stereocenters. The van der Waals surface area contributed by atoms with Gasteiger partial charge in [-0.15, -0.1) is 0 Å². The highest BCUT2D eigenvalue weighted by Crippen LogP contribution is 2.45. The van der Waals surface area contributed by atoms with Gasteiger partial charge in [-0.3, -0.25) is 53.4 Å². The highest BCUT2D eigenvalue weighted by atomic mass is 32.2. The first-order valence-electron chi connectivity index (χ1n) is 43.9. The molecule has 129 heavy (non-hydrogen) atoms. The van der Waals surface area contributed by atoms with Gasteiger partial charge >= 0.3 is 18.0 Å². The Bertz CT molecular complexity index is 5030. The van der Waals surface area contributed by atoms with E-state index in [4.69, 9.17) is 35.8 Å². The lowest BCUT2D eigenvalue weighted by atomic mass is 9.94. The fourth-order valence-electron chi connectivity index (χ4n) is 15.0. The molecule has 0 bridgehead atoms. The van der Waals surface area contributed by atoms with Gasteiger partial charge in [0.2, 0.25) is 41.4 Å². The number of aliphatic carboxylic acids is 1. The van der Waals surface area contributed by atoms with Crippen LogP contribution in [0.1, 0.15) is 223 Å². The Hall–Kier alpha value is -12.0. The monoisotopic (exact) mass is 1800 g/mol. The van der Waals surface area contributed by atoms with Gasteiger partial charge in [-0.25, -0.2) is 22.3 Å². The Labute approximate surface area is 757 Å². The zero-order chi connectivity index (χ0) is 95.8. The van der Waals surface area contributed by atoms with E-state index in [1.165, 1.54) is 6.07 Å². The number of guanidine groups is 1. The van der Waals surface area contributed by atoms with E-state index in [2.05, 4.69) is 59.7 Å². The number of carboxylic acids is 1. The van der Waals surface area contributed by atoms with Gasteiger partial charge < -0.3 is 88.3 Å². The lowest BCUT2D eigenvalue weighted by Crippen LogP contribution is -2.62. The third kappa shape index (κ3) is 31.2. The number of alkyl carbamates (subject to hydrolysis) is 1. The van der Waals surface area contributed by atoms with Crippen LogP contribution in [0, 0.1) is 49.9 Å². The van der Waals surface area contributed by atoms with E-state index in [-0.39, 0.29) is 130 Å². The second kappa shape index (κ2) is 46.3. The molecule has 7 rings (SSSR count). The summed E-state index contributed by atoms with van der Waals surface area (Å²) in [6, 6.07) is 15.8. The van der Waals surface area contributed by atoms with Crippen LogP contribution >= 0.6 is 0 Å². The topological polar surface area (TPSA) is 487 Å². The number of rotatable bonds is 41. The number of para-hydroxylation sites is 1. The van der Waals surface area contributed by atoms with Crippen LogP contribution in [0.15, 0.2) is 114 Å². The number of unbranched alkanes of at least 4 members (excludes halogenated alkanes) is 1. The number of nitrogens with zero attached hydrogens (tertiary/aromatic N) is 2. The predicted molar refractivity (Wildman–Crippen MR) is 488 cm³/mol. The molecule has 1 saturated heterocycles. The van der Waals surface area contributed by atoms with E-state index >= 15 is 37.2 Å². The number of carbonyl (C=O) groups excluding carboxylic acids is 11. The average molecular weight is 1810 g/mol. The first-order valence-corrected chi connectivity index (χ1v) is 45.3. The van der Waals surface area contributed by atoms with Crippen LogP contribution in [-0.2, 0) is 91.4 Å². The van der Waals surface area contributed by atoms with Crippen molar-refractivity contribution in [2.24, 2.45) is 23.3 Å². The van der Waals surface area contributed by atoms with Crippen LogP contribution < -0.4 is 64.1 Å². The second-order valence-electron chi connectivity index (χ2n) is 36.9. The van der Waals surface area contributed by atoms with Crippen molar-refractivity contribution in [2.75, 3.05) is 31.6 Å². The molecular weight excluding hydrogens is 1670 g/mol. The number of nitrogens with two attached hydrogens (primary N) is 2. The largest absolute Gasteiger partial charge is 0.487 e. The van der Waals surface area contributed by atoms with Gasteiger partial charge in [-0.05, 0) is 212 Å². The van der Waals surface area contributed by atoms with Gasteiger partial charge in [0.25, 0.3) is 21.8 Å². The van der Waals surface area contributed by atoms with Gasteiger partial charge in [0.05, 0.1) is 34.8 Å². The molecule has 0 aliphatic carbocycles. The van der Waals surface area contributed by atoms with Gasteiger partial charge in [0.15, 0.2) is 5.96 Å². The molecule has 5 aromatic carbocycles. The molecule has 0 spiro atoms. The van der Waals surface area contributed by atoms with Crippen molar-refractivity contribution in [3.05, 3.63) is 159 Å². The minimum atomic E-state index is -5.36. The van der Waals surface area contributed by atoms with Crippen molar-refractivity contribution in [2.45, 2.75) is 290 Å². The Morgan fingerprint density at radius 2 is 1.19 bits per heavy atom. The lowest BCUT2D eigenvalue weighted by Gasteiger charge is -2.37. The third-order valence-electron chi connectivity index (χ3n) is 21.7. The summed E-state index contributed by atoms with van der Waals surface area (Å²) in [5.74, 6) is -5.70. The molecule has 0 aromatic heterocycles. The smallest absolute Gasteiger partial charge is 0.407 e. The first kappa shape index (κ1) is 104. The number of benzene rings is 5. The summed E-state index contributed by atoms with van der Waals surface area (Å²) < 4.78 is 57.3. The van der Waals surface area contributed by atoms with Crippen LogP contribution in [-0.4, -0.2) is 203 Å². The molecule has 2 heterocycles. The predicted octanol–water partition coefficient (Wildman–Crippen LogP) is 8.26. The molecule has 5 aromatic rings. The van der Waals surface area contributed by atoms with E-state index in [0.717, 1.165) is 4.90 Å². The van der Waals surface area contributed by atoms with Crippen LogP contribution in [0.2, 0.25) is 0 Å². The summed E-state index contributed by atoms with van der Waals surface area (Å²) in [5, 5.41) is 42.8. The highest BCUT2D eigenvalue weighted by Gasteiger charge is 2.50. The summed E-state index contributed by atoms with van der Waals surface area (Å²) in [7, 11) is -5.36. The number of amides is 10. The second-order valence-corrected chi connectivity index (χ2v) is 38.7. The minimum absolute atomic E-state index is 0.0556. The van der Waals surface area contributed by atoms with Crippen LogP contribution in [0.3, 0.4) is 0 Å². The number of nitrogens with one attached hydrogen (secondary N) is 10. The molecule has 10 amide bonds. The summed E-state index contributed by atoms with van der Waals surface area (Å²) in [4.78, 5) is 177. The van der Waals surface area contributed by atoms with E-state index < -0.39 is 183 Å². The Kier molecular flexibility index (Phi) is 37.4. The Balaban J connectivity index is 1.26. The molecule has 0 unspecified atom stereocenters. The SMILES string of the molecule is CC[C@H](C)[C@H](NC(=O)[C@H](Cc1ccccc1)NC(=O)[C@@H]1CCCN1C(=O)[C@H](CCCNC(=N)N)N(C(=O)[C@H](Cc1ccccc1)NC(=O)c1ccccc1C#Cc1ccccc1NC(=O)[C@@H](N)COC(C)(C)C)S(=O)(=O)c1c(C)c(C)c2c(c1C)CC(C)(C)O2)C(=O)N[C@@H](CC(C)C)C(=O)N[C@@H](CC(=O)OC(C)(C)C)C(=O)N[C@@H](CCCCNC(=O)OC(C)(C)C)C(=O)O. The summed E-state index contributed by atoms with van der Waals surface area (Å²) in [6.45, 7) is 30.5. The van der Waals surface area contributed by atoms with Crippen molar-refractivity contribution in [3.63, 3.8) is 0 Å². The zero-order valence-electron chi connectivity index (χ0n) is 77.5. The number of carboxylic acid groups (broad SMARTS) is 1. The quantitative estimate of drug-likeness (QED) is 0.00575. The number of hydrogen-bond donors (Lipinski definition) is 13. The summed E-state index contributed by atoms with van der Waals surface area (Å²) in [6.07, 6.45) is -1.76. The zero-order valence-corrected chi connectivity index (χ0v) is 78.3. The molecule has 2 aliphatic rings. The van der Waals surface area contributed by atoms with Crippen LogP contribution in [0.4, 0.5) is 10.5 Å². The average Bonchev–Trinajstić information content (AvgIpc) is 1.21. The van der Waals surface area contributed by atoms with Crippen LogP contribution in [0.5, 0.6) is 5.75 Å².